The summed E-state index contributed by atoms with van der Waals surface area (Å²) in [5.74, 6) is -0.722. The molecule has 0 aliphatic carbocycles. The number of nitrogens with one attached hydrogen (secondary N) is 1. The quantitative estimate of drug-likeness (QED) is 0.843. The maximum Gasteiger partial charge on any atom is 0.335 e. The minimum atomic E-state index is -1.07. The molecule has 0 radical (unpaired) electrons. The van der Waals surface area contributed by atoms with E-state index in [0.717, 1.165) is 19.4 Å². The lowest BCUT2D eigenvalue weighted by Crippen LogP contribution is -2.16. The number of anilines is 1. The van der Waals surface area contributed by atoms with Gasteiger partial charge in [0.15, 0.2) is 0 Å². The maximum absolute atomic E-state index is 12.2. The van der Waals surface area contributed by atoms with Crippen LogP contribution in [0.5, 0.6) is 5.75 Å². The highest BCUT2D eigenvalue weighted by Crippen LogP contribution is 2.19. The standard InChI is InChI=1S/C19H19NO5/c21-18(13-3-1-4-14(11-13)19(22)23)20-15-6-8-16(9-7-15)25-12-17-5-2-10-24-17/h1,3-4,6-9,11,17H,2,5,10,12H2,(H,20,21)(H,22,23). The minimum Gasteiger partial charge on any atom is -0.491 e. The Balaban J connectivity index is 1.58. The highest BCUT2D eigenvalue weighted by atomic mass is 16.5. The fraction of sp³-hybridized carbons (Fsp3) is 0.263. The number of benzene rings is 2. The minimum absolute atomic E-state index is 0.0746. The molecule has 1 atom stereocenters. The third kappa shape index (κ3) is 4.58. The van der Waals surface area contributed by atoms with Crippen molar-refractivity contribution in [3.05, 3.63) is 59.7 Å². The van der Waals surface area contributed by atoms with Crippen LogP contribution < -0.4 is 10.1 Å². The van der Waals surface area contributed by atoms with Crippen molar-refractivity contribution >= 4 is 17.6 Å². The van der Waals surface area contributed by atoms with E-state index in [1.165, 1.54) is 12.1 Å². The van der Waals surface area contributed by atoms with Crippen LogP contribution in [0.15, 0.2) is 48.5 Å². The number of carboxylic acids is 1. The van der Waals surface area contributed by atoms with Crippen molar-refractivity contribution in [3.63, 3.8) is 0 Å². The Hall–Kier alpha value is -2.86. The molecule has 2 aromatic carbocycles. The number of rotatable bonds is 6. The van der Waals surface area contributed by atoms with Gasteiger partial charge in [0, 0.05) is 17.9 Å². The topological polar surface area (TPSA) is 84.9 Å². The highest BCUT2D eigenvalue weighted by Gasteiger charge is 2.16. The van der Waals surface area contributed by atoms with E-state index >= 15 is 0 Å². The Kier molecular flexibility index (Phi) is 5.30. The second-order valence-electron chi connectivity index (χ2n) is 5.81. The molecule has 1 aliphatic heterocycles. The first-order valence-corrected chi connectivity index (χ1v) is 8.11. The first kappa shape index (κ1) is 17.0. The van der Waals surface area contributed by atoms with Gasteiger partial charge in [0.2, 0.25) is 0 Å². The van der Waals surface area contributed by atoms with Crippen molar-refractivity contribution in [2.24, 2.45) is 0 Å². The van der Waals surface area contributed by atoms with E-state index in [9.17, 15) is 9.59 Å². The van der Waals surface area contributed by atoms with Gasteiger partial charge in [-0.25, -0.2) is 4.79 Å². The summed E-state index contributed by atoms with van der Waals surface area (Å²) in [7, 11) is 0. The predicted octanol–water partition coefficient (Wildman–Crippen LogP) is 3.19. The van der Waals surface area contributed by atoms with Crippen molar-refractivity contribution in [1.82, 2.24) is 0 Å². The Labute approximate surface area is 145 Å². The van der Waals surface area contributed by atoms with Crippen LogP contribution in [0.25, 0.3) is 0 Å². The van der Waals surface area contributed by atoms with Crippen molar-refractivity contribution in [2.45, 2.75) is 18.9 Å². The normalized spacial score (nSPS) is 16.4. The zero-order valence-electron chi connectivity index (χ0n) is 13.6. The number of ether oxygens (including phenoxy) is 2. The third-order valence-electron chi connectivity index (χ3n) is 3.94. The Bertz CT molecular complexity index is 751. The van der Waals surface area contributed by atoms with E-state index in [2.05, 4.69) is 5.32 Å². The van der Waals surface area contributed by atoms with Gasteiger partial charge < -0.3 is 19.9 Å². The summed E-state index contributed by atoms with van der Waals surface area (Å²) in [6.45, 7) is 1.32. The summed E-state index contributed by atoms with van der Waals surface area (Å²) in [6.07, 6.45) is 2.24. The number of hydrogen-bond acceptors (Lipinski definition) is 4. The van der Waals surface area contributed by atoms with Crippen LogP contribution in [-0.4, -0.2) is 36.3 Å². The summed E-state index contributed by atoms with van der Waals surface area (Å²) >= 11 is 0. The molecule has 6 heteroatoms. The molecule has 25 heavy (non-hydrogen) atoms. The van der Waals surface area contributed by atoms with Crippen molar-refractivity contribution in [2.75, 3.05) is 18.5 Å². The molecule has 0 spiro atoms. The average Bonchev–Trinajstić information content (AvgIpc) is 3.15. The van der Waals surface area contributed by atoms with Crippen LogP contribution >= 0.6 is 0 Å². The van der Waals surface area contributed by atoms with E-state index in [0.29, 0.717) is 23.6 Å². The first-order chi connectivity index (χ1) is 12.1. The number of carbonyl (C=O) groups excluding carboxylic acids is 1. The zero-order valence-corrected chi connectivity index (χ0v) is 13.6. The predicted molar refractivity (Wildman–Crippen MR) is 92.3 cm³/mol. The van der Waals surface area contributed by atoms with Gasteiger partial charge >= 0.3 is 5.97 Å². The van der Waals surface area contributed by atoms with E-state index in [4.69, 9.17) is 14.6 Å². The smallest absolute Gasteiger partial charge is 0.335 e. The summed E-state index contributed by atoms with van der Waals surface area (Å²) in [5.41, 5.74) is 0.972. The van der Waals surface area contributed by atoms with E-state index < -0.39 is 5.97 Å². The molecule has 2 aromatic rings. The third-order valence-corrected chi connectivity index (χ3v) is 3.94. The number of amides is 1. The Morgan fingerprint density at radius 2 is 1.92 bits per heavy atom. The fourth-order valence-corrected chi connectivity index (χ4v) is 2.60. The molecule has 0 bridgehead atoms. The zero-order chi connectivity index (χ0) is 17.6. The lowest BCUT2D eigenvalue weighted by atomic mass is 10.1. The molecular formula is C19H19NO5. The van der Waals surface area contributed by atoms with Crippen LogP contribution in [0.4, 0.5) is 5.69 Å². The second-order valence-corrected chi connectivity index (χ2v) is 5.81. The summed E-state index contributed by atoms with van der Waals surface area (Å²) in [6, 6.07) is 12.9. The average molecular weight is 341 g/mol. The lowest BCUT2D eigenvalue weighted by molar-refractivity contribution is 0.0679. The van der Waals surface area contributed by atoms with Crippen LogP contribution in [0.1, 0.15) is 33.6 Å². The molecule has 1 saturated heterocycles. The second kappa shape index (κ2) is 7.81. The number of aromatic carboxylic acids is 1. The van der Waals surface area contributed by atoms with E-state index in [1.54, 1.807) is 36.4 Å². The van der Waals surface area contributed by atoms with Crippen LogP contribution in [0.2, 0.25) is 0 Å². The molecule has 130 valence electrons. The van der Waals surface area contributed by atoms with Gasteiger partial charge in [-0.05, 0) is 55.3 Å². The van der Waals surface area contributed by atoms with Crippen LogP contribution in [0, 0.1) is 0 Å². The molecular weight excluding hydrogens is 322 g/mol. The monoisotopic (exact) mass is 341 g/mol. The summed E-state index contributed by atoms with van der Waals surface area (Å²) in [4.78, 5) is 23.2. The van der Waals surface area contributed by atoms with Gasteiger partial charge in [0.25, 0.3) is 5.91 Å². The molecule has 2 N–H and O–H groups in total. The molecule has 1 amide bonds. The lowest BCUT2D eigenvalue weighted by Gasteiger charge is -2.12. The molecule has 6 nitrogen and oxygen atoms in total. The van der Waals surface area contributed by atoms with E-state index in [-0.39, 0.29) is 17.6 Å². The fourth-order valence-electron chi connectivity index (χ4n) is 2.60. The highest BCUT2D eigenvalue weighted by molar-refractivity contribution is 6.05. The Morgan fingerprint density at radius 3 is 2.60 bits per heavy atom. The molecule has 0 aromatic heterocycles. The van der Waals surface area contributed by atoms with E-state index in [1.807, 2.05) is 0 Å². The van der Waals surface area contributed by atoms with Crippen molar-refractivity contribution in [1.29, 1.82) is 0 Å². The van der Waals surface area contributed by atoms with Crippen molar-refractivity contribution in [3.8, 4) is 5.75 Å². The van der Waals surface area contributed by atoms with Gasteiger partial charge in [-0.2, -0.15) is 0 Å². The summed E-state index contributed by atoms with van der Waals surface area (Å²) < 4.78 is 11.2. The molecule has 1 aliphatic rings. The molecule has 1 heterocycles. The Morgan fingerprint density at radius 1 is 1.16 bits per heavy atom. The molecule has 3 rings (SSSR count). The molecule has 0 saturated carbocycles. The van der Waals surface area contributed by atoms with Crippen molar-refractivity contribution < 1.29 is 24.2 Å². The SMILES string of the molecule is O=C(O)c1cccc(C(=O)Nc2ccc(OCC3CCCO3)cc2)c1. The van der Waals surface area contributed by atoms with Crippen LogP contribution in [0.3, 0.4) is 0 Å². The number of hydrogen-bond donors (Lipinski definition) is 2. The van der Waals surface area contributed by atoms with Gasteiger partial charge in [-0.1, -0.05) is 6.07 Å². The van der Waals surface area contributed by atoms with Gasteiger partial charge in [-0.15, -0.1) is 0 Å². The molecule has 1 fully saturated rings. The molecule has 1 unspecified atom stereocenters. The summed E-state index contributed by atoms with van der Waals surface area (Å²) in [5, 5.41) is 11.7. The van der Waals surface area contributed by atoms with Crippen LogP contribution in [-0.2, 0) is 4.74 Å². The van der Waals surface area contributed by atoms with Gasteiger partial charge in [0.1, 0.15) is 12.4 Å². The number of carboxylic acid groups (broad SMARTS) is 1. The van der Waals surface area contributed by atoms with Gasteiger partial charge in [-0.3, -0.25) is 4.79 Å². The maximum atomic E-state index is 12.2. The number of carbonyl (C=O) groups is 2. The largest absolute Gasteiger partial charge is 0.491 e. The van der Waals surface area contributed by atoms with Gasteiger partial charge in [0.05, 0.1) is 11.7 Å². The first-order valence-electron chi connectivity index (χ1n) is 8.11.